The van der Waals surface area contributed by atoms with E-state index in [4.69, 9.17) is 14.2 Å². The minimum absolute atomic E-state index is 0.0719. The molecule has 6 nitrogen and oxygen atoms in total. The van der Waals surface area contributed by atoms with Gasteiger partial charge in [0.1, 0.15) is 13.2 Å². The predicted octanol–water partition coefficient (Wildman–Crippen LogP) is 19.5. The van der Waals surface area contributed by atoms with Crippen LogP contribution < -0.4 is 0 Å². The van der Waals surface area contributed by atoms with Crippen molar-refractivity contribution in [1.29, 1.82) is 0 Å². The second-order valence-corrected chi connectivity index (χ2v) is 19.9. The molecule has 0 N–H and O–H groups in total. The van der Waals surface area contributed by atoms with E-state index in [0.29, 0.717) is 19.3 Å². The Kier molecular flexibility index (Phi) is 53.7. The second-order valence-electron chi connectivity index (χ2n) is 19.9. The average Bonchev–Trinajstić information content (AvgIpc) is 3.31. The molecule has 0 fully saturated rings. The van der Waals surface area contributed by atoms with Gasteiger partial charge in [-0.05, 0) is 51.4 Å². The smallest absolute Gasteiger partial charge is 0.306 e. The van der Waals surface area contributed by atoms with Gasteiger partial charge in [-0.15, -0.1) is 0 Å². The molecule has 388 valence electrons. The molecule has 0 heterocycles. The Labute approximate surface area is 411 Å². The van der Waals surface area contributed by atoms with Crippen molar-refractivity contribution < 1.29 is 28.6 Å². The molecule has 0 aromatic carbocycles. The fraction of sp³-hybridized carbons (Fsp3) is 0.883. The van der Waals surface area contributed by atoms with Gasteiger partial charge in [0.2, 0.25) is 0 Å². The molecule has 0 aromatic heterocycles. The Bertz CT molecular complexity index is 1070. The van der Waals surface area contributed by atoms with E-state index in [1.54, 1.807) is 0 Å². The molecule has 0 bridgehead atoms. The lowest BCUT2D eigenvalue weighted by molar-refractivity contribution is -0.167. The minimum atomic E-state index is -0.773. The van der Waals surface area contributed by atoms with Crippen LogP contribution in [0.4, 0.5) is 0 Å². The van der Waals surface area contributed by atoms with Crippen molar-refractivity contribution in [3.05, 3.63) is 24.3 Å². The summed E-state index contributed by atoms with van der Waals surface area (Å²) in [6.45, 7) is 6.64. The van der Waals surface area contributed by atoms with Crippen LogP contribution >= 0.6 is 0 Å². The highest BCUT2D eigenvalue weighted by Gasteiger charge is 2.19. The SMILES string of the molecule is CCCCCC/C=C\C/C=C\CCCCCCCC(=O)OC(COC(=O)CCCCCCCCCCC)COC(=O)CCCCCCCCCCCCCCCCCCCCCCCCC. The first-order chi connectivity index (χ1) is 32.5. The maximum Gasteiger partial charge on any atom is 0.306 e. The quantitative estimate of drug-likeness (QED) is 0.0262. The number of hydrogen-bond donors (Lipinski definition) is 0. The molecular formula is C60H112O6. The third kappa shape index (κ3) is 52.9. The van der Waals surface area contributed by atoms with Gasteiger partial charge in [0, 0.05) is 19.3 Å². The van der Waals surface area contributed by atoms with Crippen molar-refractivity contribution in [3.63, 3.8) is 0 Å². The first-order valence-corrected chi connectivity index (χ1v) is 29.3. The summed E-state index contributed by atoms with van der Waals surface area (Å²) >= 11 is 0. The molecule has 1 unspecified atom stereocenters. The highest BCUT2D eigenvalue weighted by molar-refractivity contribution is 5.71. The number of allylic oxidation sites excluding steroid dienone is 4. The van der Waals surface area contributed by atoms with E-state index < -0.39 is 6.10 Å². The molecule has 0 spiro atoms. The lowest BCUT2D eigenvalue weighted by Crippen LogP contribution is -2.30. The molecule has 0 amide bonds. The van der Waals surface area contributed by atoms with E-state index in [1.165, 1.54) is 205 Å². The minimum Gasteiger partial charge on any atom is -0.462 e. The summed E-state index contributed by atoms with van der Waals surface area (Å²) in [6, 6.07) is 0. The molecule has 0 radical (unpaired) electrons. The van der Waals surface area contributed by atoms with Crippen LogP contribution in [0.1, 0.15) is 323 Å². The van der Waals surface area contributed by atoms with Gasteiger partial charge in [0.15, 0.2) is 6.10 Å². The molecule has 0 rings (SSSR count). The molecule has 0 saturated heterocycles. The summed E-state index contributed by atoms with van der Waals surface area (Å²) in [6.07, 6.45) is 64.7. The normalized spacial score (nSPS) is 12.1. The first kappa shape index (κ1) is 63.9. The summed E-state index contributed by atoms with van der Waals surface area (Å²) in [5.41, 5.74) is 0. The van der Waals surface area contributed by atoms with Gasteiger partial charge in [-0.3, -0.25) is 14.4 Å². The highest BCUT2D eigenvalue weighted by atomic mass is 16.6. The topological polar surface area (TPSA) is 78.9 Å². The van der Waals surface area contributed by atoms with E-state index >= 15 is 0 Å². The summed E-state index contributed by atoms with van der Waals surface area (Å²) in [7, 11) is 0. The Morgan fingerprint density at radius 1 is 0.303 bits per heavy atom. The van der Waals surface area contributed by atoms with E-state index in [-0.39, 0.29) is 31.1 Å². The van der Waals surface area contributed by atoms with Crippen molar-refractivity contribution in [2.75, 3.05) is 13.2 Å². The van der Waals surface area contributed by atoms with Crippen LogP contribution in [0.15, 0.2) is 24.3 Å². The fourth-order valence-electron chi connectivity index (χ4n) is 8.77. The Hall–Kier alpha value is -2.11. The fourth-order valence-corrected chi connectivity index (χ4v) is 8.77. The van der Waals surface area contributed by atoms with Gasteiger partial charge in [0.25, 0.3) is 0 Å². The first-order valence-electron chi connectivity index (χ1n) is 29.3. The monoisotopic (exact) mass is 929 g/mol. The Balaban J connectivity index is 4.19. The van der Waals surface area contributed by atoms with Gasteiger partial charge < -0.3 is 14.2 Å². The molecule has 0 aliphatic carbocycles. The van der Waals surface area contributed by atoms with Crippen molar-refractivity contribution in [2.24, 2.45) is 0 Å². The summed E-state index contributed by atoms with van der Waals surface area (Å²) in [5, 5.41) is 0. The van der Waals surface area contributed by atoms with E-state index in [0.717, 1.165) is 77.0 Å². The van der Waals surface area contributed by atoms with Gasteiger partial charge in [-0.2, -0.15) is 0 Å². The number of hydrogen-bond acceptors (Lipinski definition) is 6. The van der Waals surface area contributed by atoms with Crippen molar-refractivity contribution >= 4 is 17.9 Å². The van der Waals surface area contributed by atoms with Crippen molar-refractivity contribution in [1.82, 2.24) is 0 Å². The summed E-state index contributed by atoms with van der Waals surface area (Å²) in [5.74, 6) is -0.869. The number of carbonyl (C=O) groups is 3. The van der Waals surface area contributed by atoms with E-state index in [1.807, 2.05) is 0 Å². The van der Waals surface area contributed by atoms with E-state index in [9.17, 15) is 14.4 Å². The second kappa shape index (κ2) is 55.5. The molecule has 0 aliphatic heterocycles. The molecule has 0 aliphatic rings. The van der Waals surface area contributed by atoms with Crippen molar-refractivity contribution in [3.8, 4) is 0 Å². The number of carbonyl (C=O) groups excluding carboxylic acids is 3. The lowest BCUT2D eigenvalue weighted by Gasteiger charge is -2.18. The standard InChI is InChI=1S/C60H112O6/c1-4-7-10-13-16-19-21-23-25-27-28-29-30-31-32-33-35-36-38-41-44-47-50-53-59(62)65-56-57(55-64-58(61)52-49-46-43-40-18-15-12-9-6-3)66-60(63)54-51-48-45-42-39-37-34-26-24-22-20-17-14-11-8-5-2/h20,22,26,34,57H,4-19,21,23-25,27-33,35-56H2,1-3H3/b22-20-,34-26-. The van der Waals surface area contributed by atoms with Gasteiger partial charge >= 0.3 is 17.9 Å². The van der Waals surface area contributed by atoms with Crippen LogP contribution in [-0.4, -0.2) is 37.2 Å². The van der Waals surface area contributed by atoms with Crippen LogP contribution in [0.3, 0.4) is 0 Å². The third-order valence-electron chi connectivity index (χ3n) is 13.2. The molecule has 0 saturated carbocycles. The van der Waals surface area contributed by atoms with Crippen LogP contribution in [0.5, 0.6) is 0 Å². The van der Waals surface area contributed by atoms with E-state index in [2.05, 4.69) is 45.1 Å². The summed E-state index contributed by atoms with van der Waals surface area (Å²) in [4.78, 5) is 38.0. The van der Waals surface area contributed by atoms with Crippen molar-refractivity contribution in [2.45, 2.75) is 329 Å². The lowest BCUT2D eigenvalue weighted by atomic mass is 10.0. The zero-order valence-electron chi connectivity index (χ0n) is 44.5. The van der Waals surface area contributed by atoms with Gasteiger partial charge in [0.05, 0.1) is 0 Å². The molecule has 66 heavy (non-hydrogen) atoms. The number of esters is 3. The predicted molar refractivity (Wildman–Crippen MR) is 284 cm³/mol. The zero-order valence-corrected chi connectivity index (χ0v) is 44.5. The van der Waals surface area contributed by atoms with Crippen LogP contribution in [-0.2, 0) is 28.6 Å². The number of ether oxygens (including phenoxy) is 3. The van der Waals surface area contributed by atoms with Crippen LogP contribution in [0, 0.1) is 0 Å². The molecular weight excluding hydrogens is 817 g/mol. The van der Waals surface area contributed by atoms with Gasteiger partial charge in [-0.1, -0.05) is 276 Å². The van der Waals surface area contributed by atoms with Gasteiger partial charge in [-0.25, -0.2) is 0 Å². The molecule has 1 atom stereocenters. The van der Waals surface area contributed by atoms with Crippen LogP contribution in [0.25, 0.3) is 0 Å². The Morgan fingerprint density at radius 3 is 0.848 bits per heavy atom. The average molecular weight is 930 g/mol. The molecule has 0 aromatic rings. The maximum atomic E-state index is 12.8. The highest BCUT2D eigenvalue weighted by Crippen LogP contribution is 2.17. The van der Waals surface area contributed by atoms with Crippen LogP contribution in [0.2, 0.25) is 0 Å². The third-order valence-corrected chi connectivity index (χ3v) is 13.2. The zero-order chi connectivity index (χ0) is 47.9. The Morgan fingerprint density at radius 2 is 0.545 bits per heavy atom. The largest absolute Gasteiger partial charge is 0.462 e. The molecule has 6 heteroatoms. The number of rotatable bonds is 54. The number of unbranched alkanes of at least 4 members (excludes halogenated alkanes) is 39. The summed E-state index contributed by atoms with van der Waals surface area (Å²) < 4.78 is 16.8. The maximum absolute atomic E-state index is 12.8.